The van der Waals surface area contributed by atoms with Crippen molar-refractivity contribution in [3.63, 3.8) is 0 Å². The van der Waals surface area contributed by atoms with E-state index in [4.69, 9.17) is 0 Å². The van der Waals surface area contributed by atoms with Gasteiger partial charge in [-0.15, -0.1) is 24.8 Å². The average molecular weight is 386 g/mol. The van der Waals surface area contributed by atoms with E-state index in [0.29, 0.717) is 12.1 Å². The maximum atomic E-state index is 13.1. The molecule has 3 saturated heterocycles. The first-order chi connectivity index (χ1) is 11.3. The summed E-state index contributed by atoms with van der Waals surface area (Å²) in [6, 6.07) is 9.15. The first-order valence-electron chi connectivity index (χ1n) is 9.16. The van der Waals surface area contributed by atoms with Crippen molar-refractivity contribution in [3.05, 3.63) is 35.4 Å². The summed E-state index contributed by atoms with van der Waals surface area (Å²) in [5.74, 6) is 0.240. The molecule has 140 valence electrons. The highest BCUT2D eigenvalue weighted by atomic mass is 35.5. The van der Waals surface area contributed by atoms with Crippen molar-refractivity contribution in [1.82, 2.24) is 15.1 Å². The normalized spacial score (nSPS) is 25.8. The second kappa shape index (κ2) is 9.22. The second-order valence-corrected chi connectivity index (χ2v) is 7.27. The van der Waals surface area contributed by atoms with Crippen LogP contribution in [-0.2, 0) is 6.54 Å². The minimum absolute atomic E-state index is 0. The molecule has 0 aliphatic carbocycles. The van der Waals surface area contributed by atoms with Crippen molar-refractivity contribution in [1.29, 1.82) is 0 Å². The number of nitrogens with zero attached hydrogens (tertiary/aromatic N) is 2. The van der Waals surface area contributed by atoms with E-state index in [1.807, 2.05) is 6.07 Å². The van der Waals surface area contributed by atoms with Gasteiger partial charge in [0.1, 0.15) is 0 Å². The van der Waals surface area contributed by atoms with Crippen LogP contribution in [0.15, 0.2) is 24.3 Å². The van der Waals surface area contributed by atoms with Crippen LogP contribution in [0.4, 0.5) is 0 Å². The SMILES string of the molecule is Cl.Cl.O=C(c1cccc(CN2CCCC2)c1)N1C2CCNCC1CC2. The molecule has 3 heterocycles. The number of carbonyl (C=O) groups excluding carboxylic acids is 1. The number of rotatable bonds is 3. The fourth-order valence-corrected chi connectivity index (χ4v) is 4.46. The molecule has 0 aromatic heterocycles. The number of nitrogens with one attached hydrogen (secondary N) is 1. The van der Waals surface area contributed by atoms with Crippen LogP contribution >= 0.6 is 24.8 Å². The summed E-state index contributed by atoms with van der Waals surface area (Å²) in [4.78, 5) is 17.8. The van der Waals surface area contributed by atoms with Gasteiger partial charge in [-0.25, -0.2) is 0 Å². The molecule has 0 saturated carbocycles. The van der Waals surface area contributed by atoms with Crippen LogP contribution in [-0.4, -0.2) is 54.0 Å². The maximum absolute atomic E-state index is 13.1. The lowest BCUT2D eigenvalue weighted by Crippen LogP contribution is -2.42. The number of halogens is 2. The number of benzene rings is 1. The van der Waals surface area contributed by atoms with E-state index in [0.717, 1.165) is 38.0 Å². The Kier molecular flexibility index (Phi) is 7.56. The summed E-state index contributed by atoms with van der Waals surface area (Å²) in [5.41, 5.74) is 2.15. The van der Waals surface area contributed by atoms with Crippen molar-refractivity contribution >= 4 is 30.7 Å². The summed E-state index contributed by atoms with van der Waals surface area (Å²) in [6.45, 7) is 5.37. The van der Waals surface area contributed by atoms with Gasteiger partial charge in [-0.3, -0.25) is 9.69 Å². The Labute approximate surface area is 163 Å². The predicted molar refractivity (Wildman–Crippen MR) is 106 cm³/mol. The molecule has 1 N–H and O–H groups in total. The van der Waals surface area contributed by atoms with Gasteiger partial charge in [0.15, 0.2) is 0 Å². The molecule has 0 radical (unpaired) electrons. The summed E-state index contributed by atoms with van der Waals surface area (Å²) >= 11 is 0. The van der Waals surface area contributed by atoms with Crippen molar-refractivity contribution in [2.75, 3.05) is 26.2 Å². The van der Waals surface area contributed by atoms with Crippen LogP contribution < -0.4 is 5.32 Å². The Balaban J connectivity index is 0.00000113. The summed E-state index contributed by atoms with van der Waals surface area (Å²) in [7, 11) is 0. The predicted octanol–water partition coefficient (Wildman–Crippen LogP) is 3.09. The van der Waals surface area contributed by atoms with E-state index in [-0.39, 0.29) is 30.7 Å². The highest BCUT2D eigenvalue weighted by Gasteiger charge is 2.38. The van der Waals surface area contributed by atoms with Gasteiger partial charge >= 0.3 is 0 Å². The molecule has 0 spiro atoms. The van der Waals surface area contributed by atoms with Crippen molar-refractivity contribution < 1.29 is 4.79 Å². The van der Waals surface area contributed by atoms with Crippen LogP contribution in [0.3, 0.4) is 0 Å². The third-order valence-electron chi connectivity index (χ3n) is 5.67. The van der Waals surface area contributed by atoms with Gasteiger partial charge in [0.05, 0.1) is 0 Å². The molecule has 2 unspecified atom stereocenters. The highest BCUT2D eigenvalue weighted by molar-refractivity contribution is 5.95. The number of carbonyl (C=O) groups is 1. The van der Waals surface area contributed by atoms with E-state index >= 15 is 0 Å². The Morgan fingerprint density at radius 1 is 1.08 bits per heavy atom. The number of hydrogen-bond donors (Lipinski definition) is 1. The standard InChI is InChI=1S/C19H27N3O.2ClH/c23-19(22-17-6-7-18(22)13-20-9-8-17)16-5-3-4-15(12-16)14-21-10-1-2-11-21;;/h3-5,12,17-18,20H,1-2,6-11,13-14H2;2*1H. The third kappa shape index (κ3) is 4.48. The van der Waals surface area contributed by atoms with Crippen molar-refractivity contribution in [3.8, 4) is 0 Å². The Morgan fingerprint density at radius 2 is 1.84 bits per heavy atom. The van der Waals surface area contributed by atoms with Gasteiger partial charge < -0.3 is 10.2 Å². The van der Waals surface area contributed by atoms with Gasteiger partial charge in [0.25, 0.3) is 5.91 Å². The zero-order valence-electron chi connectivity index (χ0n) is 14.7. The summed E-state index contributed by atoms with van der Waals surface area (Å²) < 4.78 is 0. The van der Waals surface area contributed by atoms with E-state index in [9.17, 15) is 4.79 Å². The molecule has 1 amide bonds. The van der Waals surface area contributed by atoms with Gasteiger partial charge in [-0.05, 0) is 69.4 Å². The molecule has 2 atom stereocenters. The number of likely N-dealkylation sites (tertiary alicyclic amines) is 1. The first-order valence-corrected chi connectivity index (χ1v) is 9.16. The van der Waals surface area contributed by atoms with Crippen LogP contribution in [0, 0.1) is 0 Å². The van der Waals surface area contributed by atoms with Crippen molar-refractivity contribution in [2.45, 2.75) is 50.7 Å². The molecular weight excluding hydrogens is 357 g/mol. The lowest BCUT2D eigenvalue weighted by atomic mass is 10.1. The smallest absolute Gasteiger partial charge is 0.254 e. The van der Waals surface area contributed by atoms with E-state index < -0.39 is 0 Å². The van der Waals surface area contributed by atoms with E-state index in [2.05, 4.69) is 33.3 Å². The summed E-state index contributed by atoms with van der Waals surface area (Å²) in [5, 5.41) is 3.47. The summed E-state index contributed by atoms with van der Waals surface area (Å²) in [6.07, 6.45) is 6.03. The molecule has 4 nitrogen and oxygen atoms in total. The van der Waals surface area contributed by atoms with Gasteiger partial charge in [0.2, 0.25) is 0 Å². The molecule has 3 aliphatic rings. The van der Waals surface area contributed by atoms with Crippen LogP contribution in [0.1, 0.15) is 48.0 Å². The number of fused-ring (bicyclic) bond motifs is 2. The molecule has 1 aromatic rings. The first kappa shape index (κ1) is 20.5. The molecule has 3 fully saturated rings. The molecule has 25 heavy (non-hydrogen) atoms. The maximum Gasteiger partial charge on any atom is 0.254 e. The van der Waals surface area contributed by atoms with Crippen LogP contribution in [0.5, 0.6) is 0 Å². The molecule has 1 aromatic carbocycles. The van der Waals surface area contributed by atoms with Crippen molar-refractivity contribution in [2.24, 2.45) is 0 Å². The molecule has 2 bridgehead atoms. The average Bonchev–Trinajstić information content (AvgIpc) is 3.14. The lowest BCUT2D eigenvalue weighted by molar-refractivity contribution is 0.0680. The zero-order valence-corrected chi connectivity index (χ0v) is 16.3. The fourth-order valence-electron chi connectivity index (χ4n) is 4.46. The largest absolute Gasteiger partial charge is 0.331 e. The molecular formula is C19H29Cl2N3O. The number of amides is 1. The van der Waals surface area contributed by atoms with Crippen LogP contribution in [0.25, 0.3) is 0 Å². The van der Waals surface area contributed by atoms with Crippen LogP contribution in [0.2, 0.25) is 0 Å². The second-order valence-electron chi connectivity index (χ2n) is 7.27. The van der Waals surface area contributed by atoms with E-state index in [1.165, 1.54) is 37.9 Å². The minimum atomic E-state index is 0. The molecule has 3 aliphatic heterocycles. The zero-order chi connectivity index (χ0) is 15.6. The Bertz CT molecular complexity index is 564. The van der Waals surface area contributed by atoms with E-state index in [1.54, 1.807) is 0 Å². The highest BCUT2D eigenvalue weighted by Crippen LogP contribution is 2.29. The molecule has 4 rings (SSSR count). The van der Waals surface area contributed by atoms with Gasteiger partial charge in [0, 0.05) is 30.7 Å². The quantitative estimate of drug-likeness (QED) is 0.867. The Morgan fingerprint density at radius 3 is 2.64 bits per heavy atom. The Hall–Kier alpha value is -0.810. The topological polar surface area (TPSA) is 35.6 Å². The number of hydrogen-bond acceptors (Lipinski definition) is 3. The third-order valence-corrected chi connectivity index (χ3v) is 5.67. The lowest BCUT2D eigenvalue weighted by Gasteiger charge is -2.28. The fraction of sp³-hybridized carbons (Fsp3) is 0.632. The molecule has 6 heteroatoms. The van der Waals surface area contributed by atoms with Gasteiger partial charge in [-0.1, -0.05) is 12.1 Å². The monoisotopic (exact) mass is 385 g/mol. The van der Waals surface area contributed by atoms with Gasteiger partial charge in [-0.2, -0.15) is 0 Å². The minimum Gasteiger partial charge on any atom is -0.331 e.